The van der Waals surface area contributed by atoms with Crippen LogP contribution >= 0.6 is 11.8 Å². The van der Waals surface area contributed by atoms with Crippen molar-refractivity contribution >= 4 is 17.7 Å². The first kappa shape index (κ1) is 11.0. The highest BCUT2D eigenvalue weighted by molar-refractivity contribution is 8.00. The van der Waals surface area contributed by atoms with Gasteiger partial charge in [-0.15, -0.1) is 11.8 Å². The van der Waals surface area contributed by atoms with Crippen molar-refractivity contribution in [3.63, 3.8) is 0 Å². The molecule has 2 atom stereocenters. The van der Waals surface area contributed by atoms with Crippen LogP contribution in [0.5, 0.6) is 0 Å². The lowest BCUT2D eigenvalue weighted by atomic mass is 10.2. The number of nitrogens with zero attached hydrogens (tertiary/aromatic N) is 1. The number of aliphatic carboxylic acids is 1. The minimum absolute atomic E-state index is 0.0656. The van der Waals surface area contributed by atoms with Crippen LogP contribution in [0.25, 0.3) is 0 Å². The molecule has 2 unspecified atom stereocenters. The van der Waals surface area contributed by atoms with E-state index in [1.807, 2.05) is 6.92 Å². The molecule has 14 heavy (non-hydrogen) atoms. The summed E-state index contributed by atoms with van der Waals surface area (Å²) in [5.74, 6) is -1.21. The molecule has 0 aliphatic carbocycles. The van der Waals surface area contributed by atoms with Crippen LogP contribution in [0.2, 0.25) is 0 Å². The normalized spacial score (nSPS) is 14.7. The molecule has 1 aromatic heterocycles. The van der Waals surface area contributed by atoms with Gasteiger partial charge in [0.2, 0.25) is 0 Å². The lowest BCUT2D eigenvalue weighted by molar-refractivity contribution is -0.141. The Morgan fingerprint density at radius 3 is 2.57 bits per heavy atom. The van der Waals surface area contributed by atoms with E-state index in [0.29, 0.717) is 0 Å². The number of aliphatic hydroxyl groups is 1. The Balaban J connectivity index is 2.59. The molecule has 0 fully saturated rings. The number of aromatic nitrogens is 1. The lowest BCUT2D eigenvalue weighted by Gasteiger charge is -2.12. The van der Waals surface area contributed by atoms with Crippen molar-refractivity contribution in [1.29, 1.82) is 0 Å². The average molecular weight is 213 g/mol. The van der Waals surface area contributed by atoms with Gasteiger partial charge in [0, 0.05) is 17.6 Å². The number of hydrogen-bond donors (Lipinski definition) is 2. The largest absolute Gasteiger partial charge is 0.479 e. The fourth-order valence-corrected chi connectivity index (χ4v) is 1.78. The van der Waals surface area contributed by atoms with E-state index >= 15 is 0 Å². The standard InChI is InChI=1S/C9H11NO3S/c1-6(14-9(13)8(11)12)7-2-4-10-5-3-7/h2-6,9,13H,1H3,(H,11,12). The zero-order chi connectivity index (χ0) is 10.6. The molecule has 76 valence electrons. The zero-order valence-corrected chi connectivity index (χ0v) is 8.44. The Morgan fingerprint density at radius 1 is 1.50 bits per heavy atom. The van der Waals surface area contributed by atoms with Gasteiger partial charge in [0.15, 0.2) is 5.44 Å². The zero-order valence-electron chi connectivity index (χ0n) is 7.62. The third-order valence-electron chi connectivity index (χ3n) is 1.72. The number of rotatable bonds is 4. The van der Waals surface area contributed by atoms with Crippen LogP contribution in [0, 0.1) is 0 Å². The van der Waals surface area contributed by atoms with E-state index in [1.165, 1.54) is 0 Å². The number of carboxylic acids is 1. The van der Waals surface area contributed by atoms with Gasteiger partial charge in [-0.25, -0.2) is 4.79 Å². The molecule has 4 nitrogen and oxygen atoms in total. The van der Waals surface area contributed by atoms with Crippen LogP contribution in [0.15, 0.2) is 24.5 Å². The number of carboxylic acid groups (broad SMARTS) is 1. The summed E-state index contributed by atoms with van der Waals surface area (Å²) < 4.78 is 0. The minimum Gasteiger partial charge on any atom is -0.479 e. The summed E-state index contributed by atoms with van der Waals surface area (Å²) >= 11 is 0.989. The van der Waals surface area contributed by atoms with Gasteiger partial charge >= 0.3 is 5.97 Å². The van der Waals surface area contributed by atoms with Crippen LogP contribution in [0.4, 0.5) is 0 Å². The van der Waals surface area contributed by atoms with E-state index in [4.69, 9.17) is 10.2 Å². The van der Waals surface area contributed by atoms with Gasteiger partial charge < -0.3 is 10.2 Å². The summed E-state index contributed by atoms with van der Waals surface area (Å²) in [6.45, 7) is 1.84. The first-order valence-electron chi connectivity index (χ1n) is 4.07. The monoisotopic (exact) mass is 213 g/mol. The van der Waals surface area contributed by atoms with Gasteiger partial charge in [0.05, 0.1) is 0 Å². The molecule has 0 aliphatic heterocycles. The van der Waals surface area contributed by atoms with Gasteiger partial charge in [0.1, 0.15) is 0 Å². The van der Waals surface area contributed by atoms with Crippen molar-refractivity contribution in [2.45, 2.75) is 17.6 Å². The molecule has 1 aromatic rings. The number of aliphatic hydroxyl groups excluding tert-OH is 1. The van der Waals surface area contributed by atoms with Crippen molar-refractivity contribution in [3.8, 4) is 0 Å². The highest BCUT2D eigenvalue weighted by Crippen LogP contribution is 2.30. The third-order valence-corrected chi connectivity index (χ3v) is 2.86. The maximum atomic E-state index is 10.4. The van der Waals surface area contributed by atoms with Gasteiger partial charge in [-0.2, -0.15) is 0 Å². The Kier molecular flexibility index (Phi) is 3.91. The van der Waals surface area contributed by atoms with Gasteiger partial charge in [-0.1, -0.05) is 0 Å². The van der Waals surface area contributed by atoms with Gasteiger partial charge in [-0.05, 0) is 24.6 Å². The van der Waals surface area contributed by atoms with Crippen molar-refractivity contribution in [2.75, 3.05) is 0 Å². The fraction of sp³-hybridized carbons (Fsp3) is 0.333. The molecule has 0 amide bonds. The molecule has 5 heteroatoms. The Morgan fingerprint density at radius 2 is 2.07 bits per heavy atom. The van der Waals surface area contributed by atoms with Crippen molar-refractivity contribution in [3.05, 3.63) is 30.1 Å². The van der Waals surface area contributed by atoms with Crippen LogP contribution in [0.1, 0.15) is 17.7 Å². The van der Waals surface area contributed by atoms with Gasteiger partial charge in [-0.3, -0.25) is 4.98 Å². The van der Waals surface area contributed by atoms with E-state index in [9.17, 15) is 4.79 Å². The number of hydrogen-bond acceptors (Lipinski definition) is 4. The maximum absolute atomic E-state index is 10.4. The van der Waals surface area contributed by atoms with Crippen molar-refractivity contribution in [1.82, 2.24) is 4.98 Å². The molecule has 0 aromatic carbocycles. The Labute approximate surface area is 86.0 Å². The molecule has 1 heterocycles. The Bertz CT molecular complexity index is 304. The molecule has 0 saturated heterocycles. The third kappa shape index (κ3) is 3.01. The molecule has 2 N–H and O–H groups in total. The van der Waals surface area contributed by atoms with Crippen molar-refractivity contribution in [2.24, 2.45) is 0 Å². The maximum Gasteiger partial charge on any atom is 0.343 e. The highest BCUT2D eigenvalue weighted by atomic mass is 32.2. The van der Waals surface area contributed by atoms with E-state index in [2.05, 4.69) is 4.98 Å². The number of thioether (sulfide) groups is 1. The summed E-state index contributed by atoms with van der Waals surface area (Å²) in [5, 5.41) is 17.5. The molecular formula is C9H11NO3S. The van der Waals surface area contributed by atoms with E-state index in [1.54, 1.807) is 24.5 Å². The first-order chi connectivity index (χ1) is 6.61. The van der Waals surface area contributed by atoms with Crippen molar-refractivity contribution < 1.29 is 15.0 Å². The lowest BCUT2D eigenvalue weighted by Crippen LogP contribution is -2.16. The average Bonchev–Trinajstić information content (AvgIpc) is 2.19. The summed E-state index contributed by atoms with van der Waals surface area (Å²) in [5.41, 5.74) is -0.427. The second-order valence-electron chi connectivity index (χ2n) is 2.75. The van der Waals surface area contributed by atoms with Crippen LogP contribution in [-0.2, 0) is 4.79 Å². The van der Waals surface area contributed by atoms with Crippen LogP contribution < -0.4 is 0 Å². The van der Waals surface area contributed by atoms with E-state index in [0.717, 1.165) is 17.3 Å². The summed E-state index contributed by atoms with van der Waals surface area (Å²) in [6.07, 6.45) is 3.28. The topological polar surface area (TPSA) is 70.4 Å². The smallest absolute Gasteiger partial charge is 0.343 e. The second kappa shape index (κ2) is 4.97. The summed E-state index contributed by atoms with van der Waals surface area (Å²) in [7, 11) is 0. The fourth-order valence-electron chi connectivity index (χ4n) is 0.965. The minimum atomic E-state index is -1.38. The second-order valence-corrected chi connectivity index (χ2v) is 4.18. The summed E-state index contributed by atoms with van der Waals surface area (Å²) in [6, 6.07) is 3.60. The molecular weight excluding hydrogens is 202 g/mol. The van der Waals surface area contributed by atoms with Gasteiger partial charge in [0.25, 0.3) is 0 Å². The number of pyridine rings is 1. The molecule has 0 aliphatic rings. The molecule has 1 rings (SSSR count). The molecule has 0 bridgehead atoms. The molecule has 0 spiro atoms. The Hall–Kier alpha value is -1.07. The predicted molar refractivity (Wildman–Crippen MR) is 53.9 cm³/mol. The highest BCUT2D eigenvalue weighted by Gasteiger charge is 2.18. The quantitative estimate of drug-likeness (QED) is 0.737. The van der Waals surface area contributed by atoms with E-state index in [-0.39, 0.29) is 5.25 Å². The predicted octanol–water partition coefficient (Wildman–Crippen LogP) is 1.28. The SMILES string of the molecule is CC(SC(O)C(=O)O)c1ccncc1. The first-order valence-corrected chi connectivity index (χ1v) is 5.02. The molecule has 0 radical (unpaired) electrons. The number of carbonyl (C=O) groups is 1. The van der Waals surface area contributed by atoms with Crippen LogP contribution in [0.3, 0.4) is 0 Å². The molecule has 0 saturated carbocycles. The van der Waals surface area contributed by atoms with Crippen LogP contribution in [-0.4, -0.2) is 26.6 Å². The van der Waals surface area contributed by atoms with E-state index < -0.39 is 11.4 Å². The summed E-state index contributed by atoms with van der Waals surface area (Å²) in [4.78, 5) is 14.2.